The minimum absolute atomic E-state index is 0.00780. The van der Waals surface area contributed by atoms with E-state index in [9.17, 15) is 17.6 Å². The first-order valence-corrected chi connectivity index (χ1v) is 5.27. The molecule has 0 unspecified atom stereocenters. The van der Waals surface area contributed by atoms with Gasteiger partial charge in [0.05, 0.1) is 5.69 Å². The standard InChI is InChI=1S/C9H5F4N3OS/c10-5-3-4(1-2-6(5)14)17-8-15-7(16-18-8)9(11,12)13/h1-3H,14H2. The molecule has 0 spiro atoms. The molecule has 2 aromatic rings. The third kappa shape index (κ3) is 2.67. The highest BCUT2D eigenvalue weighted by Gasteiger charge is 2.36. The van der Waals surface area contributed by atoms with Crippen LogP contribution in [0.2, 0.25) is 0 Å². The molecule has 0 aliphatic rings. The van der Waals surface area contributed by atoms with Gasteiger partial charge in [0.15, 0.2) is 0 Å². The predicted molar refractivity (Wildman–Crippen MR) is 55.8 cm³/mol. The van der Waals surface area contributed by atoms with Gasteiger partial charge in [-0.25, -0.2) is 4.39 Å². The van der Waals surface area contributed by atoms with Crippen LogP contribution in [0.5, 0.6) is 10.9 Å². The molecular formula is C9H5F4N3OS. The predicted octanol–water partition coefficient (Wildman–Crippen LogP) is 3.07. The zero-order chi connectivity index (χ0) is 13.3. The van der Waals surface area contributed by atoms with Crippen LogP contribution < -0.4 is 10.5 Å². The first kappa shape index (κ1) is 12.6. The number of benzene rings is 1. The van der Waals surface area contributed by atoms with E-state index in [1.807, 2.05) is 0 Å². The number of hydrogen-bond acceptors (Lipinski definition) is 5. The number of halogens is 4. The summed E-state index contributed by atoms with van der Waals surface area (Å²) in [5.74, 6) is -2.03. The summed E-state index contributed by atoms with van der Waals surface area (Å²) in [5, 5.41) is -0.327. The van der Waals surface area contributed by atoms with Crippen molar-refractivity contribution >= 4 is 17.2 Å². The van der Waals surface area contributed by atoms with Crippen molar-refractivity contribution in [3.8, 4) is 10.9 Å². The van der Waals surface area contributed by atoms with Crippen LogP contribution in [-0.4, -0.2) is 9.36 Å². The number of nitrogens with zero attached hydrogens (tertiary/aromatic N) is 2. The van der Waals surface area contributed by atoms with Crippen molar-refractivity contribution in [1.82, 2.24) is 9.36 Å². The molecule has 0 saturated carbocycles. The summed E-state index contributed by atoms with van der Waals surface area (Å²) in [6.45, 7) is 0. The van der Waals surface area contributed by atoms with Crippen LogP contribution in [0.15, 0.2) is 18.2 Å². The van der Waals surface area contributed by atoms with E-state index >= 15 is 0 Å². The summed E-state index contributed by atoms with van der Waals surface area (Å²) in [4.78, 5) is 3.14. The number of anilines is 1. The topological polar surface area (TPSA) is 61.0 Å². The van der Waals surface area contributed by atoms with Crippen LogP contribution in [0.25, 0.3) is 0 Å². The fourth-order valence-electron chi connectivity index (χ4n) is 1.04. The van der Waals surface area contributed by atoms with Crippen molar-refractivity contribution in [1.29, 1.82) is 0 Å². The summed E-state index contributed by atoms with van der Waals surface area (Å²) in [5.41, 5.74) is 5.15. The molecule has 0 atom stereocenters. The van der Waals surface area contributed by atoms with Gasteiger partial charge in [-0.1, -0.05) is 0 Å². The maximum atomic E-state index is 13.1. The lowest BCUT2D eigenvalue weighted by Crippen LogP contribution is -2.06. The highest BCUT2D eigenvalue weighted by Crippen LogP contribution is 2.32. The monoisotopic (exact) mass is 279 g/mol. The van der Waals surface area contributed by atoms with Gasteiger partial charge in [-0.15, -0.1) is 0 Å². The Morgan fingerprint density at radius 2 is 2.00 bits per heavy atom. The van der Waals surface area contributed by atoms with Crippen molar-refractivity contribution in [3.63, 3.8) is 0 Å². The maximum absolute atomic E-state index is 13.1. The number of nitrogen functional groups attached to an aromatic ring is 1. The van der Waals surface area contributed by atoms with Crippen molar-refractivity contribution in [2.45, 2.75) is 6.18 Å². The van der Waals surface area contributed by atoms with Crippen molar-refractivity contribution in [3.05, 3.63) is 29.8 Å². The number of nitrogens with two attached hydrogens (primary N) is 1. The second-order valence-electron chi connectivity index (χ2n) is 3.17. The molecular weight excluding hydrogens is 274 g/mol. The van der Waals surface area contributed by atoms with Crippen molar-refractivity contribution in [2.75, 3.05) is 5.73 Å². The van der Waals surface area contributed by atoms with Crippen LogP contribution >= 0.6 is 11.5 Å². The van der Waals surface area contributed by atoms with Crippen LogP contribution in [0, 0.1) is 5.82 Å². The molecule has 0 saturated heterocycles. The molecule has 4 nitrogen and oxygen atoms in total. The SMILES string of the molecule is Nc1ccc(Oc2nc(C(F)(F)F)ns2)cc1F. The average molecular weight is 279 g/mol. The summed E-state index contributed by atoms with van der Waals surface area (Å²) in [7, 11) is 0. The Morgan fingerprint density at radius 3 is 2.56 bits per heavy atom. The fourth-order valence-corrected chi connectivity index (χ4v) is 1.61. The fraction of sp³-hybridized carbons (Fsp3) is 0.111. The summed E-state index contributed by atoms with van der Waals surface area (Å²) in [6, 6.07) is 3.49. The first-order valence-electron chi connectivity index (χ1n) is 4.50. The lowest BCUT2D eigenvalue weighted by Gasteiger charge is -2.02. The van der Waals surface area contributed by atoms with Gasteiger partial charge in [0.1, 0.15) is 11.6 Å². The lowest BCUT2D eigenvalue weighted by molar-refractivity contribution is -0.144. The van der Waals surface area contributed by atoms with Crippen LogP contribution in [0.1, 0.15) is 5.82 Å². The summed E-state index contributed by atoms with van der Waals surface area (Å²) >= 11 is 0.424. The largest absolute Gasteiger partial charge is 0.452 e. The Kier molecular flexibility index (Phi) is 3.07. The van der Waals surface area contributed by atoms with Crippen LogP contribution in [0.4, 0.5) is 23.2 Å². The van der Waals surface area contributed by atoms with E-state index in [1.165, 1.54) is 12.1 Å². The van der Waals surface area contributed by atoms with Crippen molar-refractivity contribution in [2.24, 2.45) is 0 Å². The molecule has 2 N–H and O–H groups in total. The minimum atomic E-state index is -4.63. The highest BCUT2D eigenvalue weighted by atomic mass is 32.1. The van der Waals surface area contributed by atoms with Gasteiger partial charge in [-0.3, -0.25) is 0 Å². The van der Waals surface area contributed by atoms with E-state index in [1.54, 1.807) is 0 Å². The van der Waals surface area contributed by atoms with Gasteiger partial charge in [0.2, 0.25) is 0 Å². The summed E-state index contributed by atoms with van der Waals surface area (Å²) < 4.78 is 57.7. The molecule has 18 heavy (non-hydrogen) atoms. The molecule has 9 heteroatoms. The molecule has 0 bridgehead atoms. The molecule has 96 valence electrons. The molecule has 1 aromatic carbocycles. The Bertz CT molecular complexity index is 569. The molecule has 0 aliphatic heterocycles. The van der Waals surface area contributed by atoms with Gasteiger partial charge in [0.25, 0.3) is 11.0 Å². The molecule has 0 aliphatic carbocycles. The smallest absolute Gasteiger partial charge is 0.430 e. The Hall–Kier alpha value is -1.90. The highest BCUT2D eigenvalue weighted by molar-refractivity contribution is 7.07. The van der Waals surface area contributed by atoms with E-state index < -0.39 is 17.8 Å². The van der Waals surface area contributed by atoms with Gasteiger partial charge in [0, 0.05) is 17.6 Å². The van der Waals surface area contributed by atoms with Gasteiger partial charge < -0.3 is 10.5 Å². The molecule has 1 aromatic heterocycles. The van der Waals surface area contributed by atoms with E-state index in [0.717, 1.165) is 6.07 Å². The molecule has 0 fully saturated rings. The zero-order valence-electron chi connectivity index (χ0n) is 8.53. The Labute approximate surface area is 102 Å². The summed E-state index contributed by atoms with van der Waals surface area (Å²) in [6.07, 6.45) is -4.63. The third-order valence-electron chi connectivity index (χ3n) is 1.84. The first-order chi connectivity index (χ1) is 8.36. The van der Waals surface area contributed by atoms with Gasteiger partial charge in [-0.2, -0.15) is 22.5 Å². The number of rotatable bonds is 2. The van der Waals surface area contributed by atoms with Crippen LogP contribution in [-0.2, 0) is 6.18 Å². The number of alkyl halides is 3. The minimum Gasteiger partial charge on any atom is -0.430 e. The normalized spacial score (nSPS) is 11.6. The van der Waals surface area contributed by atoms with Crippen LogP contribution in [0.3, 0.4) is 0 Å². The zero-order valence-corrected chi connectivity index (χ0v) is 9.35. The van der Waals surface area contributed by atoms with E-state index in [2.05, 4.69) is 9.36 Å². The number of aromatic nitrogens is 2. The number of hydrogen-bond donors (Lipinski definition) is 1. The molecule has 0 radical (unpaired) electrons. The Balaban J connectivity index is 2.19. The maximum Gasteiger partial charge on any atom is 0.452 e. The Morgan fingerprint density at radius 1 is 1.28 bits per heavy atom. The second-order valence-corrected chi connectivity index (χ2v) is 3.88. The van der Waals surface area contributed by atoms with E-state index in [0.29, 0.717) is 11.5 Å². The molecule has 0 amide bonds. The third-order valence-corrected chi connectivity index (χ3v) is 2.43. The van der Waals surface area contributed by atoms with E-state index in [-0.39, 0.29) is 16.6 Å². The van der Waals surface area contributed by atoms with Crippen molar-refractivity contribution < 1.29 is 22.3 Å². The molecule has 1 heterocycles. The quantitative estimate of drug-likeness (QED) is 0.678. The van der Waals surface area contributed by atoms with E-state index in [4.69, 9.17) is 10.5 Å². The number of ether oxygens (including phenoxy) is 1. The van der Waals surface area contributed by atoms with Gasteiger partial charge >= 0.3 is 6.18 Å². The lowest BCUT2D eigenvalue weighted by atomic mass is 10.3. The second kappa shape index (κ2) is 4.41. The molecule has 2 rings (SSSR count). The average Bonchev–Trinajstić information content (AvgIpc) is 2.72. The van der Waals surface area contributed by atoms with Gasteiger partial charge in [-0.05, 0) is 12.1 Å².